The van der Waals surface area contributed by atoms with Crippen LogP contribution in [-0.2, 0) is 9.53 Å². The highest BCUT2D eigenvalue weighted by atomic mass is 16.5. The molecule has 0 radical (unpaired) electrons. The third kappa shape index (κ3) is 3.50. The molecule has 0 aliphatic carbocycles. The zero-order valence-electron chi connectivity index (χ0n) is 13.1. The number of amides is 1. The van der Waals surface area contributed by atoms with Gasteiger partial charge in [0, 0.05) is 12.6 Å². The molecular weight excluding hydrogens is 270 g/mol. The van der Waals surface area contributed by atoms with Crippen LogP contribution in [0.2, 0.25) is 0 Å². The molecule has 1 saturated heterocycles. The van der Waals surface area contributed by atoms with E-state index in [1.807, 2.05) is 6.92 Å². The lowest BCUT2D eigenvalue weighted by atomic mass is 10.1. The summed E-state index contributed by atoms with van der Waals surface area (Å²) in [5.74, 6) is 0.995. The van der Waals surface area contributed by atoms with Crippen molar-refractivity contribution in [1.82, 2.24) is 15.0 Å². The van der Waals surface area contributed by atoms with Crippen molar-refractivity contribution >= 4 is 5.91 Å². The number of aromatic nitrogens is 2. The maximum absolute atomic E-state index is 12.6. The molecule has 1 aliphatic rings. The number of hydrogen-bond donors (Lipinski definition) is 0. The minimum absolute atomic E-state index is 0.00953. The molecule has 1 amide bonds. The zero-order valence-corrected chi connectivity index (χ0v) is 13.1. The van der Waals surface area contributed by atoms with Gasteiger partial charge in [-0.25, -0.2) is 0 Å². The summed E-state index contributed by atoms with van der Waals surface area (Å²) in [6, 6.07) is -0.321. The van der Waals surface area contributed by atoms with E-state index in [-0.39, 0.29) is 18.1 Å². The lowest BCUT2D eigenvalue weighted by Crippen LogP contribution is -2.46. The minimum Gasteiger partial charge on any atom is -0.374 e. The molecule has 2 atom stereocenters. The molecule has 6 heteroatoms. The van der Waals surface area contributed by atoms with E-state index in [1.165, 1.54) is 0 Å². The van der Waals surface area contributed by atoms with E-state index in [9.17, 15) is 4.79 Å². The van der Waals surface area contributed by atoms with Crippen LogP contribution in [0.4, 0.5) is 0 Å². The predicted octanol–water partition coefficient (Wildman–Crippen LogP) is 2.41. The summed E-state index contributed by atoms with van der Waals surface area (Å²) in [7, 11) is 0. The number of ether oxygens (including phenoxy) is 1. The van der Waals surface area contributed by atoms with Gasteiger partial charge >= 0.3 is 0 Å². The van der Waals surface area contributed by atoms with Crippen molar-refractivity contribution in [3.8, 4) is 0 Å². The molecule has 0 spiro atoms. The monoisotopic (exact) mass is 293 g/mol. The number of aryl methyl sites for hydroxylation is 1. The molecule has 0 N–H and O–H groups in total. The van der Waals surface area contributed by atoms with Crippen molar-refractivity contribution in [1.29, 1.82) is 0 Å². The molecule has 6 nitrogen and oxygen atoms in total. The lowest BCUT2D eigenvalue weighted by molar-refractivity contribution is -0.142. The maximum Gasteiger partial charge on any atom is 0.252 e. The maximum atomic E-state index is 12.6. The van der Waals surface area contributed by atoms with E-state index in [0.717, 1.165) is 18.4 Å². The van der Waals surface area contributed by atoms with Gasteiger partial charge in [-0.3, -0.25) is 4.79 Å². The number of rotatable bonds is 4. The van der Waals surface area contributed by atoms with Crippen molar-refractivity contribution in [3.05, 3.63) is 23.4 Å². The highest BCUT2D eigenvalue weighted by molar-refractivity contribution is 5.88. The zero-order chi connectivity index (χ0) is 15.4. The Morgan fingerprint density at radius 3 is 2.71 bits per heavy atom. The van der Waals surface area contributed by atoms with Gasteiger partial charge in [-0.05, 0) is 26.7 Å². The van der Waals surface area contributed by atoms with Crippen molar-refractivity contribution < 1.29 is 14.1 Å². The Bertz CT molecular complexity index is 518. The molecule has 2 rings (SSSR count). The van der Waals surface area contributed by atoms with E-state index in [0.29, 0.717) is 24.9 Å². The van der Waals surface area contributed by atoms with Crippen molar-refractivity contribution in [3.63, 3.8) is 0 Å². The average Bonchev–Trinajstić information content (AvgIpc) is 2.90. The van der Waals surface area contributed by atoms with E-state index in [4.69, 9.17) is 9.26 Å². The Hall–Kier alpha value is -1.69. The van der Waals surface area contributed by atoms with Crippen LogP contribution in [0.5, 0.6) is 0 Å². The molecule has 21 heavy (non-hydrogen) atoms. The Morgan fingerprint density at radius 2 is 2.14 bits per heavy atom. The summed E-state index contributed by atoms with van der Waals surface area (Å²) < 4.78 is 10.9. The lowest BCUT2D eigenvalue weighted by Gasteiger charge is -2.37. The van der Waals surface area contributed by atoms with Crippen molar-refractivity contribution in [2.75, 3.05) is 13.2 Å². The normalized spacial score (nSPS) is 22.2. The summed E-state index contributed by atoms with van der Waals surface area (Å²) in [6.45, 7) is 8.87. The number of carbonyl (C=O) groups excluding carboxylic acids is 1. The Kier molecular flexibility index (Phi) is 5.12. The Morgan fingerprint density at radius 1 is 1.43 bits per heavy atom. The highest BCUT2D eigenvalue weighted by Gasteiger charge is 2.37. The fraction of sp³-hybridized carbons (Fsp3) is 0.667. The predicted molar refractivity (Wildman–Crippen MR) is 77.6 cm³/mol. The molecule has 1 aromatic rings. The van der Waals surface area contributed by atoms with E-state index < -0.39 is 0 Å². The Labute approximate surface area is 125 Å². The largest absolute Gasteiger partial charge is 0.374 e. The smallest absolute Gasteiger partial charge is 0.252 e. The van der Waals surface area contributed by atoms with Crippen LogP contribution < -0.4 is 0 Å². The first-order chi connectivity index (χ1) is 10.1. The van der Waals surface area contributed by atoms with E-state index >= 15 is 0 Å². The second-order valence-corrected chi connectivity index (χ2v) is 5.24. The van der Waals surface area contributed by atoms with Gasteiger partial charge in [0.15, 0.2) is 5.82 Å². The molecule has 2 heterocycles. The van der Waals surface area contributed by atoms with Gasteiger partial charge in [0.05, 0.1) is 12.7 Å². The van der Waals surface area contributed by atoms with Crippen LogP contribution in [0.1, 0.15) is 51.4 Å². The third-order valence-electron chi connectivity index (χ3n) is 3.81. The first-order valence-electron chi connectivity index (χ1n) is 7.48. The third-order valence-corrected chi connectivity index (χ3v) is 3.81. The van der Waals surface area contributed by atoms with Gasteiger partial charge < -0.3 is 14.2 Å². The van der Waals surface area contributed by atoms with Gasteiger partial charge in [-0.15, -0.1) is 0 Å². The molecule has 0 bridgehead atoms. The molecule has 0 aromatic carbocycles. The number of nitrogens with zero attached hydrogens (tertiary/aromatic N) is 3. The van der Waals surface area contributed by atoms with Crippen molar-refractivity contribution in [2.45, 2.75) is 52.7 Å². The molecule has 1 aliphatic heterocycles. The number of hydrogen-bond acceptors (Lipinski definition) is 5. The van der Waals surface area contributed by atoms with Crippen LogP contribution >= 0.6 is 0 Å². The van der Waals surface area contributed by atoms with Gasteiger partial charge in [0.1, 0.15) is 6.04 Å². The summed E-state index contributed by atoms with van der Waals surface area (Å²) in [5, 5.41) is 3.82. The SMILES string of the molecule is CCC(=CC(=O)N1CCO[C@H](C)[C@H]1c1nc(C)no1)CC. The summed E-state index contributed by atoms with van der Waals surface area (Å²) >= 11 is 0. The van der Waals surface area contributed by atoms with Crippen LogP contribution in [0, 0.1) is 6.92 Å². The highest BCUT2D eigenvalue weighted by Crippen LogP contribution is 2.29. The topological polar surface area (TPSA) is 68.5 Å². The van der Waals surface area contributed by atoms with Crippen LogP contribution in [0.3, 0.4) is 0 Å². The molecule has 1 aromatic heterocycles. The minimum atomic E-state index is -0.321. The van der Waals surface area contributed by atoms with Crippen LogP contribution in [0.25, 0.3) is 0 Å². The van der Waals surface area contributed by atoms with Crippen LogP contribution in [0.15, 0.2) is 16.2 Å². The fourth-order valence-corrected chi connectivity index (χ4v) is 2.55. The van der Waals surface area contributed by atoms with E-state index in [2.05, 4.69) is 24.0 Å². The van der Waals surface area contributed by atoms with Gasteiger partial charge in [-0.1, -0.05) is 24.6 Å². The van der Waals surface area contributed by atoms with E-state index in [1.54, 1.807) is 17.9 Å². The van der Waals surface area contributed by atoms with Gasteiger partial charge in [0.25, 0.3) is 5.89 Å². The van der Waals surface area contributed by atoms with Gasteiger partial charge in [0.2, 0.25) is 5.91 Å². The molecule has 1 fully saturated rings. The van der Waals surface area contributed by atoms with Gasteiger partial charge in [-0.2, -0.15) is 4.98 Å². The first-order valence-corrected chi connectivity index (χ1v) is 7.48. The first kappa shape index (κ1) is 15.7. The number of carbonyl (C=O) groups is 1. The Balaban J connectivity index is 2.26. The molecular formula is C15H23N3O3. The summed E-state index contributed by atoms with van der Waals surface area (Å²) in [6.07, 6.45) is 3.33. The fourth-order valence-electron chi connectivity index (χ4n) is 2.55. The molecule has 0 unspecified atom stereocenters. The summed E-state index contributed by atoms with van der Waals surface area (Å²) in [5.41, 5.74) is 1.14. The number of allylic oxidation sites excluding steroid dienone is 1. The molecule has 0 saturated carbocycles. The quantitative estimate of drug-likeness (QED) is 0.797. The second-order valence-electron chi connectivity index (χ2n) is 5.24. The van der Waals surface area contributed by atoms with Crippen molar-refractivity contribution in [2.24, 2.45) is 0 Å². The standard InChI is InChI=1S/C15H23N3O3/c1-5-12(6-2)9-13(19)18-7-8-20-10(3)14(18)15-16-11(4)17-21-15/h9-10,14H,5-8H2,1-4H3/t10-,14+/m1/s1. The van der Waals surface area contributed by atoms with Crippen LogP contribution in [-0.4, -0.2) is 40.2 Å². The second kappa shape index (κ2) is 6.85. The average molecular weight is 293 g/mol. The summed E-state index contributed by atoms with van der Waals surface area (Å²) in [4.78, 5) is 18.6. The number of morpholine rings is 1. The molecule has 116 valence electrons.